The maximum absolute atomic E-state index is 10.2. The number of aromatic carboxylic acids is 1. The van der Waals surface area contributed by atoms with Gasteiger partial charge in [0.15, 0.2) is 5.75 Å². The second-order valence-electron chi connectivity index (χ2n) is 1.74. The Balaban J connectivity index is 3.17. The van der Waals surface area contributed by atoms with E-state index >= 15 is 0 Å². The van der Waals surface area contributed by atoms with E-state index in [1.807, 2.05) is 0 Å². The van der Waals surface area contributed by atoms with Crippen LogP contribution < -0.4 is 0 Å². The lowest BCUT2D eigenvalue weighted by Crippen LogP contribution is -1.95. The zero-order valence-electron chi connectivity index (χ0n) is 5.16. The molecule has 0 bridgehead atoms. The predicted molar refractivity (Wildman–Crippen MR) is 35.5 cm³/mol. The summed E-state index contributed by atoms with van der Waals surface area (Å²) < 4.78 is 3.51. The minimum atomic E-state index is -1.19. The molecule has 1 heterocycles. The first-order valence-electron chi connectivity index (χ1n) is 2.51. The fourth-order valence-corrected chi connectivity index (χ4v) is 1.08. The third-order valence-electron chi connectivity index (χ3n) is 1.03. The van der Waals surface area contributed by atoms with Gasteiger partial charge in [0.05, 0.1) is 4.88 Å². The van der Waals surface area contributed by atoms with Crippen LogP contribution >= 0.6 is 11.5 Å². The van der Waals surface area contributed by atoms with E-state index in [1.165, 1.54) is 0 Å². The Morgan fingerprint density at radius 1 is 1.70 bits per heavy atom. The van der Waals surface area contributed by atoms with Gasteiger partial charge in [0.2, 0.25) is 5.69 Å². The lowest BCUT2D eigenvalue weighted by Gasteiger charge is -1.86. The zero-order valence-corrected chi connectivity index (χ0v) is 5.97. The molecule has 54 valence electrons. The van der Waals surface area contributed by atoms with Crippen LogP contribution in [0, 0.1) is 6.92 Å². The Kier molecular flexibility index (Phi) is 1.58. The van der Waals surface area contributed by atoms with Gasteiger partial charge in [0.1, 0.15) is 0 Å². The number of aromatic nitrogens is 1. The lowest BCUT2D eigenvalue weighted by atomic mass is 10.3. The Morgan fingerprint density at radius 2 is 2.30 bits per heavy atom. The average molecular weight is 159 g/mol. The number of carbonyl (C=O) groups is 1. The molecule has 0 unspecified atom stereocenters. The monoisotopic (exact) mass is 159 g/mol. The van der Waals surface area contributed by atoms with Gasteiger partial charge in [0.25, 0.3) is 0 Å². The smallest absolute Gasteiger partial charge is 0.359 e. The first kappa shape index (κ1) is 7.01. The van der Waals surface area contributed by atoms with Crippen LogP contribution in [0.3, 0.4) is 0 Å². The minimum Gasteiger partial charge on any atom is -0.504 e. The second kappa shape index (κ2) is 2.26. The van der Waals surface area contributed by atoms with Crippen molar-refractivity contribution in [1.82, 2.24) is 4.37 Å². The van der Waals surface area contributed by atoms with E-state index in [0.717, 1.165) is 11.5 Å². The van der Waals surface area contributed by atoms with Crippen molar-refractivity contribution >= 4 is 17.5 Å². The van der Waals surface area contributed by atoms with Gasteiger partial charge < -0.3 is 10.2 Å². The highest BCUT2D eigenvalue weighted by atomic mass is 32.1. The molecule has 0 fully saturated rings. The van der Waals surface area contributed by atoms with Crippen LogP contribution in [-0.2, 0) is 0 Å². The zero-order chi connectivity index (χ0) is 7.72. The molecular weight excluding hydrogens is 154 g/mol. The maximum Gasteiger partial charge on any atom is 0.359 e. The molecule has 0 aliphatic heterocycles. The lowest BCUT2D eigenvalue weighted by molar-refractivity contribution is 0.0688. The summed E-state index contributed by atoms with van der Waals surface area (Å²) in [6.07, 6.45) is 0. The van der Waals surface area contributed by atoms with E-state index in [4.69, 9.17) is 10.2 Å². The van der Waals surface area contributed by atoms with Gasteiger partial charge >= 0.3 is 5.97 Å². The van der Waals surface area contributed by atoms with E-state index in [2.05, 4.69) is 4.37 Å². The van der Waals surface area contributed by atoms with Gasteiger partial charge in [-0.15, -0.1) is 0 Å². The van der Waals surface area contributed by atoms with Crippen molar-refractivity contribution < 1.29 is 15.0 Å². The summed E-state index contributed by atoms with van der Waals surface area (Å²) in [7, 11) is 0. The summed E-state index contributed by atoms with van der Waals surface area (Å²) in [5, 5.41) is 17.3. The Bertz CT molecular complexity index is 268. The molecule has 1 aromatic rings. The summed E-state index contributed by atoms with van der Waals surface area (Å²) >= 11 is 0.979. The summed E-state index contributed by atoms with van der Waals surface area (Å²) in [6.45, 7) is 1.61. The Hall–Kier alpha value is -1.10. The quantitative estimate of drug-likeness (QED) is 0.637. The molecule has 5 heteroatoms. The predicted octanol–water partition coefficient (Wildman–Crippen LogP) is 0.855. The molecule has 0 spiro atoms. The Labute approximate surface area is 60.9 Å². The van der Waals surface area contributed by atoms with E-state index in [0.29, 0.717) is 4.88 Å². The highest BCUT2D eigenvalue weighted by Crippen LogP contribution is 2.24. The van der Waals surface area contributed by atoms with Crippen molar-refractivity contribution in [2.24, 2.45) is 0 Å². The second-order valence-corrected chi connectivity index (χ2v) is 2.72. The van der Waals surface area contributed by atoms with Crippen molar-refractivity contribution in [3.8, 4) is 5.75 Å². The van der Waals surface area contributed by atoms with E-state index < -0.39 is 5.97 Å². The standard InChI is InChI=1S/C5H5NO3S/c1-2-4(7)3(5(8)9)6-10-2/h7H,1H3,(H,8,9). The fraction of sp³-hybridized carbons (Fsp3) is 0.200. The molecule has 0 amide bonds. The number of aromatic hydroxyl groups is 1. The Morgan fingerprint density at radius 3 is 2.50 bits per heavy atom. The molecule has 0 radical (unpaired) electrons. The molecule has 0 aromatic carbocycles. The van der Waals surface area contributed by atoms with Gasteiger partial charge in [-0.2, -0.15) is 4.37 Å². The number of carboxylic acid groups (broad SMARTS) is 1. The van der Waals surface area contributed by atoms with Gasteiger partial charge in [0, 0.05) is 0 Å². The molecule has 0 saturated carbocycles. The number of hydrogen-bond donors (Lipinski definition) is 2. The number of aryl methyl sites for hydroxylation is 1. The number of carboxylic acids is 1. The van der Waals surface area contributed by atoms with Gasteiger partial charge in [-0.1, -0.05) is 0 Å². The topological polar surface area (TPSA) is 70.4 Å². The fourth-order valence-electron chi connectivity index (χ4n) is 0.508. The van der Waals surface area contributed by atoms with Crippen LogP contribution in [-0.4, -0.2) is 20.6 Å². The van der Waals surface area contributed by atoms with Crippen molar-refractivity contribution in [1.29, 1.82) is 0 Å². The van der Waals surface area contributed by atoms with E-state index in [-0.39, 0.29) is 11.4 Å². The van der Waals surface area contributed by atoms with Crippen molar-refractivity contribution in [3.05, 3.63) is 10.6 Å². The molecule has 2 N–H and O–H groups in total. The maximum atomic E-state index is 10.2. The molecule has 10 heavy (non-hydrogen) atoms. The number of hydrogen-bond acceptors (Lipinski definition) is 4. The highest BCUT2D eigenvalue weighted by molar-refractivity contribution is 7.06. The van der Waals surface area contributed by atoms with E-state index in [1.54, 1.807) is 6.92 Å². The van der Waals surface area contributed by atoms with Crippen LogP contribution in [0.5, 0.6) is 5.75 Å². The average Bonchev–Trinajstić information content (AvgIpc) is 2.14. The molecule has 1 rings (SSSR count). The molecule has 4 nitrogen and oxygen atoms in total. The molecule has 0 aliphatic rings. The van der Waals surface area contributed by atoms with Gasteiger partial charge in [-0.05, 0) is 18.5 Å². The van der Waals surface area contributed by atoms with Crippen molar-refractivity contribution in [2.75, 3.05) is 0 Å². The van der Waals surface area contributed by atoms with Gasteiger partial charge in [-0.25, -0.2) is 4.79 Å². The normalized spacial score (nSPS) is 9.70. The summed E-state index contributed by atoms with van der Waals surface area (Å²) in [5.41, 5.74) is -0.262. The van der Waals surface area contributed by atoms with E-state index in [9.17, 15) is 4.79 Å². The molecule has 0 saturated heterocycles. The van der Waals surface area contributed by atoms with Crippen LogP contribution in [0.1, 0.15) is 15.4 Å². The third-order valence-corrected chi connectivity index (χ3v) is 1.78. The number of nitrogens with zero attached hydrogens (tertiary/aromatic N) is 1. The molecule has 0 aliphatic carbocycles. The molecule has 1 aromatic heterocycles. The van der Waals surface area contributed by atoms with Crippen LogP contribution in [0.2, 0.25) is 0 Å². The highest BCUT2D eigenvalue weighted by Gasteiger charge is 2.14. The van der Waals surface area contributed by atoms with Crippen molar-refractivity contribution in [2.45, 2.75) is 6.92 Å². The molecule has 0 atom stereocenters. The summed E-state index contributed by atoms with van der Waals surface area (Å²) in [6, 6.07) is 0. The first-order chi connectivity index (χ1) is 4.63. The van der Waals surface area contributed by atoms with Crippen LogP contribution in [0.25, 0.3) is 0 Å². The number of rotatable bonds is 1. The SMILES string of the molecule is Cc1snc(C(=O)O)c1O. The minimum absolute atomic E-state index is 0.225. The third kappa shape index (κ3) is 0.950. The largest absolute Gasteiger partial charge is 0.504 e. The first-order valence-corrected chi connectivity index (χ1v) is 3.29. The summed E-state index contributed by atoms with van der Waals surface area (Å²) in [5.74, 6) is -1.42. The van der Waals surface area contributed by atoms with Gasteiger partial charge in [-0.3, -0.25) is 0 Å². The van der Waals surface area contributed by atoms with Crippen molar-refractivity contribution in [3.63, 3.8) is 0 Å². The van der Waals surface area contributed by atoms with Crippen LogP contribution in [0.4, 0.5) is 0 Å². The summed E-state index contributed by atoms with van der Waals surface area (Å²) in [4.78, 5) is 10.7. The molecular formula is C5H5NO3S. The van der Waals surface area contributed by atoms with Crippen LogP contribution in [0.15, 0.2) is 0 Å².